The van der Waals surface area contributed by atoms with Gasteiger partial charge in [-0.3, -0.25) is 14.4 Å². The minimum atomic E-state index is -1.30. The summed E-state index contributed by atoms with van der Waals surface area (Å²) in [6.45, 7) is 1.96. The summed E-state index contributed by atoms with van der Waals surface area (Å²) in [4.78, 5) is 40.2. The summed E-state index contributed by atoms with van der Waals surface area (Å²) in [6.07, 6.45) is 0. The largest absolute Gasteiger partial charge is 0.294 e. The Morgan fingerprint density at radius 1 is 0.750 bits per heavy atom. The predicted molar refractivity (Wildman–Crippen MR) is 106 cm³/mol. The van der Waals surface area contributed by atoms with Gasteiger partial charge in [0, 0.05) is 22.6 Å². The minimum absolute atomic E-state index is 0.136. The smallest absolute Gasteiger partial charge is 0.178 e. The van der Waals surface area contributed by atoms with Crippen molar-refractivity contribution in [2.24, 2.45) is 11.3 Å². The first-order valence-electron chi connectivity index (χ1n) is 9.41. The van der Waals surface area contributed by atoms with Crippen molar-refractivity contribution < 1.29 is 14.4 Å². The molecule has 0 aliphatic heterocycles. The van der Waals surface area contributed by atoms with Gasteiger partial charge in [-0.2, -0.15) is 0 Å². The van der Waals surface area contributed by atoms with Crippen LogP contribution < -0.4 is 0 Å². The summed E-state index contributed by atoms with van der Waals surface area (Å²) < 4.78 is 0. The molecule has 1 saturated carbocycles. The average Bonchev–Trinajstić information content (AvgIpc) is 3.39. The Bertz CT molecular complexity index is 1090. The van der Waals surface area contributed by atoms with Gasteiger partial charge in [0.1, 0.15) is 5.41 Å². The van der Waals surface area contributed by atoms with E-state index in [0.717, 1.165) is 11.1 Å². The van der Waals surface area contributed by atoms with Crippen molar-refractivity contribution in [3.05, 3.63) is 107 Å². The van der Waals surface area contributed by atoms with Gasteiger partial charge in [-0.25, -0.2) is 0 Å². The third kappa shape index (κ3) is 2.07. The summed E-state index contributed by atoms with van der Waals surface area (Å²) in [7, 11) is 0. The van der Waals surface area contributed by atoms with Gasteiger partial charge in [0.15, 0.2) is 17.3 Å². The molecule has 3 nitrogen and oxygen atoms in total. The van der Waals surface area contributed by atoms with Crippen molar-refractivity contribution in [1.82, 2.24) is 0 Å². The van der Waals surface area contributed by atoms with Gasteiger partial charge in [-0.1, -0.05) is 84.4 Å². The number of hydrogen-bond acceptors (Lipinski definition) is 3. The Hall–Kier alpha value is -3.33. The average molecular weight is 366 g/mol. The Morgan fingerprint density at radius 3 is 1.86 bits per heavy atom. The van der Waals surface area contributed by atoms with Crippen LogP contribution in [-0.2, 0) is 0 Å². The van der Waals surface area contributed by atoms with E-state index in [-0.39, 0.29) is 17.3 Å². The summed E-state index contributed by atoms with van der Waals surface area (Å²) in [5, 5.41) is 0. The maximum absolute atomic E-state index is 13.4. The lowest BCUT2D eigenvalue weighted by Gasteiger charge is -2.07. The van der Waals surface area contributed by atoms with Crippen LogP contribution in [0.1, 0.15) is 48.1 Å². The summed E-state index contributed by atoms with van der Waals surface area (Å²) in [6, 6.07) is 23.7. The highest BCUT2D eigenvalue weighted by molar-refractivity contribution is 6.35. The van der Waals surface area contributed by atoms with Crippen molar-refractivity contribution in [3.63, 3.8) is 0 Å². The fourth-order valence-corrected chi connectivity index (χ4v) is 4.75. The van der Waals surface area contributed by atoms with Crippen molar-refractivity contribution in [3.8, 4) is 0 Å². The van der Waals surface area contributed by atoms with E-state index in [1.54, 1.807) is 36.4 Å². The molecule has 0 aromatic heterocycles. The maximum atomic E-state index is 13.4. The van der Waals surface area contributed by atoms with Gasteiger partial charge in [-0.15, -0.1) is 0 Å². The topological polar surface area (TPSA) is 51.2 Å². The first-order valence-corrected chi connectivity index (χ1v) is 9.41. The lowest BCUT2D eigenvalue weighted by Crippen LogP contribution is -2.23. The lowest BCUT2D eigenvalue weighted by atomic mass is 9.91. The Morgan fingerprint density at radius 2 is 1.29 bits per heavy atom. The fraction of sp³-hybridized carbons (Fsp3) is 0.160. The lowest BCUT2D eigenvalue weighted by molar-refractivity contribution is 0.0764. The van der Waals surface area contributed by atoms with Crippen LogP contribution in [0.5, 0.6) is 0 Å². The number of benzene rings is 3. The monoisotopic (exact) mass is 366 g/mol. The molecule has 5 rings (SSSR count). The normalized spacial score (nSPS) is 21.6. The molecule has 0 N–H and O–H groups in total. The van der Waals surface area contributed by atoms with Gasteiger partial charge in [-0.05, 0) is 12.5 Å². The van der Waals surface area contributed by atoms with Gasteiger partial charge in [0.05, 0.1) is 5.92 Å². The summed E-state index contributed by atoms with van der Waals surface area (Å²) in [5.74, 6) is -1.65. The van der Waals surface area contributed by atoms with Crippen molar-refractivity contribution in [2.45, 2.75) is 12.8 Å². The van der Waals surface area contributed by atoms with E-state index in [9.17, 15) is 14.4 Å². The number of aryl methyl sites for hydroxylation is 1. The van der Waals surface area contributed by atoms with Crippen molar-refractivity contribution in [1.29, 1.82) is 0 Å². The highest BCUT2D eigenvalue weighted by atomic mass is 16.2. The molecule has 136 valence electrons. The molecule has 28 heavy (non-hydrogen) atoms. The van der Waals surface area contributed by atoms with E-state index in [4.69, 9.17) is 0 Å². The zero-order valence-corrected chi connectivity index (χ0v) is 15.4. The Kier molecular flexibility index (Phi) is 3.50. The van der Waals surface area contributed by atoms with Crippen LogP contribution >= 0.6 is 0 Å². The molecular formula is C25H18O3. The molecule has 2 aliphatic rings. The van der Waals surface area contributed by atoms with E-state index >= 15 is 0 Å². The van der Waals surface area contributed by atoms with E-state index in [0.29, 0.717) is 16.7 Å². The van der Waals surface area contributed by atoms with Crippen molar-refractivity contribution in [2.75, 3.05) is 0 Å². The Balaban J connectivity index is 1.65. The van der Waals surface area contributed by atoms with Gasteiger partial charge in [0.2, 0.25) is 0 Å². The Labute approximate surface area is 163 Å². The molecular weight excluding hydrogens is 348 g/mol. The van der Waals surface area contributed by atoms with Gasteiger partial charge < -0.3 is 0 Å². The SMILES string of the molecule is Cc1ccc(C(=O)[C@H]2[C@H](c3ccccc3)C23C(=O)c2ccccc2C3=O)cc1. The standard InChI is InChI=1S/C25H18O3/c1-15-11-13-17(14-12-15)22(26)21-20(16-7-3-2-4-8-16)25(21)23(27)18-9-5-6-10-19(18)24(25)28/h2-14,20-21H,1H3/t20-,21+/m0/s1. The molecule has 0 bridgehead atoms. The van der Waals surface area contributed by atoms with Crippen LogP contribution in [0.2, 0.25) is 0 Å². The molecule has 3 aromatic rings. The molecule has 0 radical (unpaired) electrons. The summed E-state index contributed by atoms with van der Waals surface area (Å²) >= 11 is 0. The molecule has 1 fully saturated rings. The molecule has 3 heteroatoms. The highest BCUT2D eigenvalue weighted by Crippen LogP contribution is 2.70. The second-order valence-corrected chi connectivity index (χ2v) is 7.67. The predicted octanol–water partition coefficient (Wildman–Crippen LogP) is 4.66. The van der Waals surface area contributed by atoms with Crippen LogP contribution in [0, 0.1) is 18.3 Å². The summed E-state index contributed by atoms with van der Waals surface area (Å²) in [5.41, 5.74) is 2.04. The zero-order chi connectivity index (χ0) is 19.5. The zero-order valence-electron chi connectivity index (χ0n) is 15.4. The second-order valence-electron chi connectivity index (χ2n) is 7.67. The van der Waals surface area contributed by atoms with E-state index in [2.05, 4.69) is 0 Å². The quantitative estimate of drug-likeness (QED) is 0.500. The van der Waals surface area contributed by atoms with Crippen LogP contribution in [-0.4, -0.2) is 17.3 Å². The van der Waals surface area contributed by atoms with Gasteiger partial charge >= 0.3 is 0 Å². The number of fused-ring (bicyclic) bond motifs is 1. The van der Waals surface area contributed by atoms with E-state index in [1.807, 2.05) is 49.4 Å². The fourth-order valence-electron chi connectivity index (χ4n) is 4.75. The van der Waals surface area contributed by atoms with Crippen LogP contribution in [0.25, 0.3) is 0 Å². The van der Waals surface area contributed by atoms with Gasteiger partial charge in [0.25, 0.3) is 0 Å². The minimum Gasteiger partial charge on any atom is -0.294 e. The van der Waals surface area contributed by atoms with Crippen LogP contribution in [0.4, 0.5) is 0 Å². The molecule has 0 heterocycles. The van der Waals surface area contributed by atoms with E-state index in [1.165, 1.54) is 0 Å². The molecule has 0 amide bonds. The number of carbonyl (C=O) groups excluding carboxylic acids is 3. The van der Waals surface area contributed by atoms with Crippen LogP contribution in [0.3, 0.4) is 0 Å². The first kappa shape index (κ1) is 16.8. The number of hydrogen-bond donors (Lipinski definition) is 0. The second kappa shape index (κ2) is 5.83. The number of ketones is 3. The van der Waals surface area contributed by atoms with Crippen LogP contribution in [0.15, 0.2) is 78.9 Å². The first-order chi connectivity index (χ1) is 13.6. The molecule has 0 unspecified atom stereocenters. The third-order valence-corrected chi connectivity index (χ3v) is 6.15. The molecule has 2 atom stereocenters. The number of rotatable bonds is 3. The van der Waals surface area contributed by atoms with Crippen molar-refractivity contribution >= 4 is 17.3 Å². The molecule has 1 spiro atoms. The molecule has 2 aliphatic carbocycles. The third-order valence-electron chi connectivity index (χ3n) is 6.15. The number of carbonyl (C=O) groups is 3. The van der Waals surface area contributed by atoms with E-state index < -0.39 is 17.3 Å². The molecule has 3 aromatic carbocycles. The highest BCUT2D eigenvalue weighted by Gasteiger charge is 2.78. The number of Topliss-reactive ketones (excluding diaryl/α,β-unsaturated/α-hetero) is 3. The maximum Gasteiger partial charge on any atom is 0.178 e. The molecule has 0 saturated heterocycles.